The van der Waals surface area contributed by atoms with Gasteiger partial charge in [-0.15, -0.1) is 0 Å². The van der Waals surface area contributed by atoms with Gasteiger partial charge in [0.2, 0.25) is 0 Å². The quantitative estimate of drug-likeness (QED) is 0.426. The summed E-state index contributed by atoms with van der Waals surface area (Å²) in [7, 11) is 0. The van der Waals surface area contributed by atoms with Crippen molar-refractivity contribution >= 4 is 11.9 Å². The lowest BCUT2D eigenvalue weighted by Gasteiger charge is -2.31. The Morgan fingerprint density at radius 3 is 2.11 bits per heavy atom. The van der Waals surface area contributed by atoms with Crippen LogP contribution in [-0.2, 0) is 23.8 Å². The zero-order valence-electron chi connectivity index (χ0n) is 10.0. The molecule has 1 spiro atoms. The highest BCUT2D eigenvalue weighted by molar-refractivity contribution is 6.09. The maximum atomic E-state index is 11.9. The lowest BCUT2D eigenvalue weighted by atomic mass is 9.98. The van der Waals surface area contributed by atoms with Crippen molar-refractivity contribution in [3.8, 4) is 0 Å². The summed E-state index contributed by atoms with van der Waals surface area (Å²) < 4.78 is 15.4. The molecule has 0 radical (unpaired) electrons. The molecule has 0 amide bonds. The smallest absolute Gasteiger partial charge is 0.356 e. The van der Waals surface area contributed by atoms with Crippen LogP contribution in [0.4, 0.5) is 0 Å². The van der Waals surface area contributed by atoms with Crippen molar-refractivity contribution in [2.24, 2.45) is 0 Å². The third-order valence-electron chi connectivity index (χ3n) is 3.00. The number of esters is 2. The van der Waals surface area contributed by atoms with Gasteiger partial charge in [0.25, 0.3) is 11.4 Å². The first-order valence-corrected chi connectivity index (χ1v) is 5.65. The minimum atomic E-state index is -1.60. The van der Waals surface area contributed by atoms with Gasteiger partial charge in [-0.1, -0.05) is 30.3 Å². The van der Waals surface area contributed by atoms with E-state index in [0.717, 1.165) is 5.56 Å². The first-order chi connectivity index (χ1) is 8.46. The van der Waals surface area contributed by atoms with Crippen LogP contribution in [0.2, 0.25) is 0 Å². The van der Waals surface area contributed by atoms with Crippen LogP contribution < -0.4 is 0 Å². The largest absolute Gasteiger partial charge is 0.420 e. The van der Waals surface area contributed by atoms with Gasteiger partial charge >= 0.3 is 11.9 Å². The Bertz CT molecular complexity index is 499. The number of carbonyl (C=O) groups is 2. The molecule has 2 fully saturated rings. The summed E-state index contributed by atoms with van der Waals surface area (Å²) in [5.74, 6) is -2.60. The van der Waals surface area contributed by atoms with Crippen molar-refractivity contribution in [2.75, 3.05) is 0 Å². The lowest BCUT2D eigenvalue weighted by Crippen LogP contribution is -2.52. The standard InChI is InChI=1S/C13H12O5/c1-12(2)17-10(14)13(11(15)18-12)9(16-13)8-6-4-3-5-7-8/h3-7,9H,1-2H3. The van der Waals surface area contributed by atoms with Gasteiger partial charge in [-0.25, -0.2) is 9.59 Å². The van der Waals surface area contributed by atoms with Crippen molar-refractivity contribution in [2.45, 2.75) is 31.3 Å². The molecule has 0 N–H and O–H groups in total. The van der Waals surface area contributed by atoms with Gasteiger partial charge in [0.05, 0.1) is 0 Å². The number of hydrogen-bond acceptors (Lipinski definition) is 5. The van der Waals surface area contributed by atoms with Crippen molar-refractivity contribution in [3.63, 3.8) is 0 Å². The van der Waals surface area contributed by atoms with Crippen LogP contribution in [0.5, 0.6) is 0 Å². The number of benzene rings is 1. The number of ether oxygens (including phenoxy) is 3. The maximum Gasteiger partial charge on any atom is 0.356 e. The van der Waals surface area contributed by atoms with E-state index in [1.807, 2.05) is 18.2 Å². The van der Waals surface area contributed by atoms with E-state index in [2.05, 4.69) is 0 Å². The molecule has 1 atom stereocenters. The van der Waals surface area contributed by atoms with Crippen LogP contribution in [0, 0.1) is 0 Å². The van der Waals surface area contributed by atoms with E-state index in [-0.39, 0.29) is 0 Å². The number of hydrogen-bond donors (Lipinski definition) is 0. The van der Waals surface area contributed by atoms with Crippen LogP contribution in [0.1, 0.15) is 25.5 Å². The molecule has 2 aliphatic rings. The molecule has 1 unspecified atom stereocenters. The zero-order chi connectivity index (χ0) is 13.0. The SMILES string of the molecule is CC1(C)OC(=O)C2(OC2c2ccccc2)C(=O)O1. The van der Waals surface area contributed by atoms with Crippen molar-refractivity contribution in [1.82, 2.24) is 0 Å². The van der Waals surface area contributed by atoms with E-state index in [1.54, 1.807) is 12.1 Å². The normalized spacial score (nSPS) is 27.6. The second-order valence-electron chi connectivity index (χ2n) is 4.82. The molecule has 2 heterocycles. The fraction of sp³-hybridized carbons (Fsp3) is 0.385. The van der Waals surface area contributed by atoms with Crippen molar-refractivity contribution < 1.29 is 23.8 Å². The van der Waals surface area contributed by atoms with Crippen LogP contribution in [0.3, 0.4) is 0 Å². The van der Waals surface area contributed by atoms with E-state index in [9.17, 15) is 9.59 Å². The molecule has 1 aromatic rings. The Morgan fingerprint density at radius 2 is 1.56 bits per heavy atom. The topological polar surface area (TPSA) is 65.1 Å². The summed E-state index contributed by atoms with van der Waals surface area (Å²) in [6.07, 6.45) is -0.616. The van der Waals surface area contributed by atoms with Crippen LogP contribution >= 0.6 is 0 Å². The van der Waals surface area contributed by atoms with Gasteiger partial charge in [0.15, 0.2) is 0 Å². The van der Waals surface area contributed by atoms with Crippen LogP contribution in [-0.4, -0.2) is 23.3 Å². The minimum Gasteiger partial charge on any atom is -0.420 e. The monoisotopic (exact) mass is 248 g/mol. The number of carbonyl (C=O) groups excluding carboxylic acids is 2. The van der Waals surface area contributed by atoms with Gasteiger partial charge in [0.1, 0.15) is 6.10 Å². The molecule has 0 aromatic heterocycles. The van der Waals surface area contributed by atoms with Gasteiger partial charge < -0.3 is 14.2 Å². The van der Waals surface area contributed by atoms with Crippen molar-refractivity contribution in [1.29, 1.82) is 0 Å². The molecular formula is C13H12O5. The Kier molecular flexibility index (Phi) is 2.07. The van der Waals surface area contributed by atoms with Crippen LogP contribution in [0.15, 0.2) is 30.3 Å². The lowest BCUT2D eigenvalue weighted by molar-refractivity contribution is -0.241. The molecule has 5 nitrogen and oxygen atoms in total. The molecule has 2 aliphatic heterocycles. The van der Waals surface area contributed by atoms with E-state index in [1.165, 1.54) is 13.8 Å². The van der Waals surface area contributed by atoms with E-state index < -0.39 is 29.4 Å². The molecule has 94 valence electrons. The fourth-order valence-electron chi connectivity index (χ4n) is 2.10. The minimum absolute atomic E-state index is 0.616. The second-order valence-corrected chi connectivity index (χ2v) is 4.82. The molecule has 2 saturated heterocycles. The summed E-state index contributed by atoms with van der Waals surface area (Å²) >= 11 is 0. The molecule has 3 rings (SSSR count). The average molecular weight is 248 g/mol. The molecule has 0 aliphatic carbocycles. The Morgan fingerprint density at radius 1 is 1.00 bits per heavy atom. The van der Waals surface area contributed by atoms with Crippen molar-refractivity contribution in [3.05, 3.63) is 35.9 Å². The highest BCUT2D eigenvalue weighted by Crippen LogP contribution is 2.53. The predicted molar refractivity (Wildman–Crippen MR) is 59.3 cm³/mol. The number of epoxide rings is 1. The van der Waals surface area contributed by atoms with Gasteiger partial charge in [-0.2, -0.15) is 0 Å². The van der Waals surface area contributed by atoms with E-state index in [4.69, 9.17) is 14.2 Å². The molecule has 0 saturated carbocycles. The number of rotatable bonds is 1. The third kappa shape index (κ3) is 1.44. The zero-order valence-corrected chi connectivity index (χ0v) is 10.0. The summed E-state index contributed by atoms with van der Waals surface area (Å²) in [6.45, 7) is 3.02. The third-order valence-corrected chi connectivity index (χ3v) is 3.00. The van der Waals surface area contributed by atoms with Crippen LogP contribution in [0.25, 0.3) is 0 Å². The second kappa shape index (κ2) is 3.32. The van der Waals surface area contributed by atoms with Gasteiger partial charge in [-0.05, 0) is 5.56 Å². The first kappa shape index (κ1) is 11.2. The Balaban J connectivity index is 1.91. The summed E-state index contributed by atoms with van der Waals surface area (Å²) in [5.41, 5.74) is -0.845. The Hall–Kier alpha value is -1.88. The number of cyclic esters (lactones) is 2. The average Bonchev–Trinajstić information content (AvgIpc) is 3.03. The summed E-state index contributed by atoms with van der Waals surface area (Å²) in [6, 6.07) is 9.06. The fourth-order valence-corrected chi connectivity index (χ4v) is 2.10. The first-order valence-electron chi connectivity index (χ1n) is 5.65. The summed E-state index contributed by atoms with van der Waals surface area (Å²) in [5, 5.41) is 0. The highest BCUT2D eigenvalue weighted by atomic mass is 16.8. The van der Waals surface area contributed by atoms with E-state index in [0.29, 0.717) is 0 Å². The molecular weight excluding hydrogens is 236 g/mol. The molecule has 18 heavy (non-hydrogen) atoms. The highest BCUT2D eigenvalue weighted by Gasteiger charge is 2.75. The predicted octanol–water partition coefficient (Wildman–Crippen LogP) is 1.33. The van der Waals surface area contributed by atoms with Gasteiger partial charge in [-0.3, -0.25) is 0 Å². The Labute approximate surface area is 104 Å². The molecule has 0 bridgehead atoms. The van der Waals surface area contributed by atoms with E-state index >= 15 is 0 Å². The molecule has 1 aromatic carbocycles. The summed E-state index contributed by atoms with van der Waals surface area (Å²) in [4.78, 5) is 23.9. The maximum absolute atomic E-state index is 11.9. The molecule has 5 heteroatoms. The van der Waals surface area contributed by atoms with Gasteiger partial charge in [0, 0.05) is 13.8 Å².